The monoisotopic (exact) mass is 300 g/mol. The topological polar surface area (TPSA) is 41.0 Å². The van der Waals surface area contributed by atoms with Crippen molar-refractivity contribution in [1.29, 1.82) is 0 Å². The number of aromatic nitrogens is 2. The van der Waals surface area contributed by atoms with E-state index >= 15 is 0 Å². The SMILES string of the molecule is CC(C)N(C)CCCCNc1cc(Br)ncn1. The molecule has 0 radical (unpaired) electrons. The Morgan fingerprint density at radius 3 is 2.76 bits per heavy atom. The summed E-state index contributed by atoms with van der Waals surface area (Å²) in [5.74, 6) is 0.879. The molecule has 1 aromatic rings. The molecule has 1 aromatic heterocycles. The Morgan fingerprint density at radius 1 is 1.35 bits per heavy atom. The van der Waals surface area contributed by atoms with Gasteiger partial charge in [0.15, 0.2) is 0 Å². The number of nitrogens with zero attached hydrogens (tertiary/aromatic N) is 3. The summed E-state index contributed by atoms with van der Waals surface area (Å²) in [6, 6.07) is 2.51. The summed E-state index contributed by atoms with van der Waals surface area (Å²) in [5, 5.41) is 3.29. The van der Waals surface area contributed by atoms with Gasteiger partial charge in [0, 0.05) is 18.7 Å². The maximum Gasteiger partial charge on any atom is 0.130 e. The highest BCUT2D eigenvalue weighted by Gasteiger charge is 2.01. The van der Waals surface area contributed by atoms with Crippen LogP contribution in [0.5, 0.6) is 0 Å². The largest absolute Gasteiger partial charge is 0.370 e. The summed E-state index contributed by atoms with van der Waals surface area (Å²) in [5.41, 5.74) is 0. The predicted octanol–water partition coefficient (Wildman–Crippen LogP) is 2.77. The zero-order valence-corrected chi connectivity index (χ0v) is 12.4. The van der Waals surface area contributed by atoms with Crippen molar-refractivity contribution in [2.45, 2.75) is 32.7 Å². The first-order valence-electron chi connectivity index (χ1n) is 6.01. The number of anilines is 1. The van der Waals surface area contributed by atoms with Crippen molar-refractivity contribution in [1.82, 2.24) is 14.9 Å². The molecule has 0 aliphatic carbocycles. The summed E-state index contributed by atoms with van der Waals surface area (Å²) in [6.07, 6.45) is 3.91. The molecule has 4 nitrogen and oxygen atoms in total. The highest BCUT2D eigenvalue weighted by Crippen LogP contribution is 2.09. The maximum atomic E-state index is 4.14. The molecule has 96 valence electrons. The van der Waals surface area contributed by atoms with Crippen LogP contribution in [-0.2, 0) is 0 Å². The molecule has 1 heterocycles. The van der Waals surface area contributed by atoms with Crippen LogP contribution in [0.4, 0.5) is 5.82 Å². The first-order valence-corrected chi connectivity index (χ1v) is 6.80. The molecule has 0 amide bonds. The molecule has 0 saturated carbocycles. The van der Waals surface area contributed by atoms with Crippen LogP contribution in [0, 0.1) is 0 Å². The zero-order chi connectivity index (χ0) is 12.7. The van der Waals surface area contributed by atoms with Gasteiger partial charge in [-0.05, 0) is 56.2 Å². The van der Waals surface area contributed by atoms with Gasteiger partial charge in [0.1, 0.15) is 16.7 Å². The van der Waals surface area contributed by atoms with Crippen LogP contribution >= 0.6 is 15.9 Å². The van der Waals surface area contributed by atoms with Crippen molar-refractivity contribution in [2.24, 2.45) is 0 Å². The van der Waals surface area contributed by atoms with Crippen molar-refractivity contribution in [3.05, 3.63) is 17.0 Å². The molecule has 0 atom stereocenters. The Bertz CT molecular complexity index is 330. The van der Waals surface area contributed by atoms with Crippen LogP contribution in [-0.4, -0.2) is 41.0 Å². The smallest absolute Gasteiger partial charge is 0.130 e. The van der Waals surface area contributed by atoms with Gasteiger partial charge in [0.05, 0.1) is 0 Å². The van der Waals surface area contributed by atoms with Crippen molar-refractivity contribution in [3.8, 4) is 0 Å². The van der Waals surface area contributed by atoms with Gasteiger partial charge in [-0.2, -0.15) is 0 Å². The summed E-state index contributed by atoms with van der Waals surface area (Å²) >= 11 is 3.32. The van der Waals surface area contributed by atoms with E-state index in [-0.39, 0.29) is 0 Å². The third-order valence-electron chi connectivity index (χ3n) is 2.76. The summed E-state index contributed by atoms with van der Waals surface area (Å²) in [7, 11) is 2.17. The Labute approximate surface area is 112 Å². The molecular formula is C12H21BrN4. The van der Waals surface area contributed by atoms with E-state index in [1.54, 1.807) is 6.33 Å². The Kier molecular flexibility index (Phi) is 6.44. The van der Waals surface area contributed by atoms with Gasteiger partial charge >= 0.3 is 0 Å². The molecule has 0 saturated heterocycles. The Balaban J connectivity index is 2.12. The van der Waals surface area contributed by atoms with Crippen molar-refractivity contribution in [3.63, 3.8) is 0 Å². The van der Waals surface area contributed by atoms with Crippen LogP contribution in [0.2, 0.25) is 0 Å². The lowest BCUT2D eigenvalue weighted by Gasteiger charge is -2.20. The fourth-order valence-electron chi connectivity index (χ4n) is 1.39. The summed E-state index contributed by atoms with van der Waals surface area (Å²) < 4.78 is 0.814. The van der Waals surface area contributed by atoms with E-state index in [1.807, 2.05) is 6.07 Å². The van der Waals surface area contributed by atoms with Gasteiger partial charge in [0.25, 0.3) is 0 Å². The summed E-state index contributed by atoms with van der Waals surface area (Å²) in [4.78, 5) is 10.5. The molecule has 5 heteroatoms. The molecule has 17 heavy (non-hydrogen) atoms. The van der Waals surface area contributed by atoms with Gasteiger partial charge in [-0.15, -0.1) is 0 Å². The third kappa shape index (κ3) is 5.98. The van der Waals surface area contributed by atoms with Crippen molar-refractivity contribution < 1.29 is 0 Å². The number of halogens is 1. The second-order valence-corrected chi connectivity index (χ2v) is 5.25. The minimum Gasteiger partial charge on any atom is -0.370 e. The minimum atomic E-state index is 0.626. The average Bonchev–Trinajstić information content (AvgIpc) is 2.28. The number of hydrogen-bond donors (Lipinski definition) is 1. The quantitative estimate of drug-likeness (QED) is 0.621. The minimum absolute atomic E-state index is 0.626. The fourth-order valence-corrected chi connectivity index (χ4v) is 1.70. The van der Waals surface area contributed by atoms with E-state index in [4.69, 9.17) is 0 Å². The lowest BCUT2D eigenvalue weighted by molar-refractivity contribution is 0.269. The lowest BCUT2D eigenvalue weighted by atomic mass is 10.2. The number of hydrogen-bond acceptors (Lipinski definition) is 4. The van der Waals surface area contributed by atoms with Gasteiger partial charge in [0.2, 0.25) is 0 Å². The molecule has 0 fully saturated rings. The van der Waals surface area contributed by atoms with Gasteiger partial charge < -0.3 is 10.2 Å². The van der Waals surface area contributed by atoms with Crippen LogP contribution < -0.4 is 5.32 Å². The normalized spacial score (nSPS) is 11.2. The lowest BCUT2D eigenvalue weighted by Crippen LogP contribution is -2.27. The van der Waals surface area contributed by atoms with E-state index in [9.17, 15) is 0 Å². The molecule has 0 aromatic carbocycles. The molecule has 0 spiro atoms. The Hall–Kier alpha value is -0.680. The summed E-state index contributed by atoms with van der Waals surface area (Å²) in [6.45, 7) is 6.54. The highest BCUT2D eigenvalue weighted by molar-refractivity contribution is 9.10. The van der Waals surface area contributed by atoms with Crippen LogP contribution in [0.3, 0.4) is 0 Å². The van der Waals surface area contributed by atoms with E-state index in [0.717, 1.165) is 29.9 Å². The second-order valence-electron chi connectivity index (χ2n) is 4.43. The van der Waals surface area contributed by atoms with E-state index in [2.05, 4.69) is 57.0 Å². The first kappa shape index (κ1) is 14.4. The fraction of sp³-hybridized carbons (Fsp3) is 0.667. The van der Waals surface area contributed by atoms with Gasteiger partial charge in [-0.25, -0.2) is 9.97 Å². The average molecular weight is 301 g/mol. The van der Waals surface area contributed by atoms with Crippen LogP contribution in [0.1, 0.15) is 26.7 Å². The molecule has 0 aliphatic heterocycles. The number of unbranched alkanes of at least 4 members (excludes halogenated alkanes) is 1. The maximum absolute atomic E-state index is 4.14. The van der Waals surface area contributed by atoms with Crippen molar-refractivity contribution in [2.75, 3.05) is 25.5 Å². The van der Waals surface area contributed by atoms with E-state index in [1.165, 1.54) is 6.42 Å². The Morgan fingerprint density at radius 2 is 2.12 bits per heavy atom. The van der Waals surface area contributed by atoms with Crippen molar-refractivity contribution >= 4 is 21.7 Å². The molecule has 1 N–H and O–H groups in total. The number of rotatable bonds is 7. The van der Waals surface area contributed by atoms with E-state index in [0.29, 0.717) is 6.04 Å². The standard InChI is InChI=1S/C12H21BrN4/c1-10(2)17(3)7-5-4-6-14-12-8-11(13)15-9-16-12/h8-10H,4-7H2,1-3H3,(H,14,15,16). The van der Waals surface area contributed by atoms with Gasteiger partial charge in [-0.1, -0.05) is 0 Å². The van der Waals surface area contributed by atoms with Crippen LogP contribution in [0.15, 0.2) is 17.0 Å². The second kappa shape index (κ2) is 7.61. The molecule has 1 rings (SSSR count). The molecular weight excluding hydrogens is 280 g/mol. The predicted molar refractivity (Wildman–Crippen MR) is 75.2 cm³/mol. The first-order chi connectivity index (χ1) is 8.09. The van der Waals surface area contributed by atoms with Crippen LogP contribution in [0.25, 0.3) is 0 Å². The van der Waals surface area contributed by atoms with E-state index < -0.39 is 0 Å². The molecule has 0 unspecified atom stereocenters. The zero-order valence-electron chi connectivity index (χ0n) is 10.8. The van der Waals surface area contributed by atoms with Gasteiger partial charge in [-0.3, -0.25) is 0 Å². The number of nitrogens with one attached hydrogen (secondary N) is 1. The highest BCUT2D eigenvalue weighted by atomic mass is 79.9. The molecule has 0 aliphatic rings. The molecule has 0 bridgehead atoms. The third-order valence-corrected chi connectivity index (χ3v) is 3.19.